The van der Waals surface area contributed by atoms with Crippen LogP contribution in [-0.2, 0) is 0 Å². The second-order valence-corrected chi connectivity index (χ2v) is 3.59. The van der Waals surface area contributed by atoms with E-state index in [4.69, 9.17) is 0 Å². The normalized spacial score (nSPS) is 13.7. The van der Waals surface area contributed by atoms with E-state index in [-0.39, 0.29) is 6.04 Å². The largest absolute Gasteiger partial charge is 0.308 e. The molecule has 1 N–H and O–H groups in total. The van der Waals surface area contributed by atoms with Crippen molar-refractivity contribution < 1.29 is 0 Å². The van der Waals surface area contributed by atoms with Crippen molar-refractivity contribution in [2.45, 2.75) is 19.9 Å². The Labute approximate surface area is 91.7 Å². The van der Waals surface area contributed by atoms with Gasteiger partial charge in [-0.3, -0.25) is 4.99 Å². The fourth-order valence-electron chi connectivity index (χ4n) is 1.59. The summed E-state index contributed by atoms with van der Waals surface area (Å²) >= 11 is 0. The summed E-state index contributed by atoms with van der Waals surface area (Å²) in [5, 5.41) is 3.24. The van der Waals surface area contributed by atoms with E-state index < -0.39 is 0 Å². The van der Waals surface area contributed by atoms with Gasteiger partial charge in [0.15, 0.2) is 0 Å². The molecular formula is C13H18N2. The van der Waals surface area contributed by atoms with Gasteiger partial charge in [-0.25, -0.2) is 0 Å². The van der Waals surface area contributed by atoms with Crippen LogP contribution in [-0.4, -0.2) is 12.8 Å². The summed E-state index contributed by atoms with van der Waals surface area (Å²) < 4.78 is 0. The van der Waals surface area contributed by atoms with Crippen molar-refractivity contribution in [1.29, 1.82) is 0 Å². The molecule has 1 aromatic carbocycles. The molecule has 1 atom stereocenters. The van der Waals surface area contributed by atoms with Gasteiger partial charge in [0.25, 0.3) is 0 Å². The number of aliphatic imine (C=N–C) groups is 1. The number of nitrogens with one attached hydrogen (secondary N) is 1. The Bertz CT molecular complexity index is 349. The highest BCUT2D eigenvalue weighted by atomic mass is 14.9. The zero-order chi connectivity index (χ0) is 11.3. The summed E-state index contributed by atoms with van der Waals surface area (Å²) in [4.78, 5) is 4.21. The molecule has 0 aliphatic rings. The van der Waals surface area contributed by atoms with E-state index in [1.54, 1.807) is 6.20 Å². The summed E-state index contributed by atoms with van der Waals surface area (Å²) in [6.45, 7) is 7.70. The SMILES string of the molecule is C=CN=C(C)C(NC)c1ccc(C)cc1. The van der Waals surface area contributed by atoms with Crippen LogP contribution in [0, 0.1) is 6.92 Å². The second kappa shape index (κ2) is 5.47. The standard InChI is InChI=1S/C13H18N2/c1-5-15-11(3)13(14-4)12-8-6-10(2)7-9-12/h5-9,13-14H,1H2,2-4H3. The Morgan fingerprint density at radius 1 is 1.40 bits per heavy atom. The molecule has 0 aromatic heterocycles. The van der Waals surface area contributed by atoms with Gasteiger partial charge >= 0.3 is 0 Å². The molecule has 0 heterocycles. The molecular weight excluding hydrogens is 184 g/mol. The van der Waals surface area contributed by atoms with Gasteiger partial charge in [-0.05, 0) is 26.5 Å². The zero-order valence-electron chi connectivity index (χ0n) is 9.62. The molecule has 0 aliphatic carbocycles. The maximum Gasteiger partial charge on any atom is 0.0706 e. The van der Waals surface area contributed by atoms with Crippen LogP contribution in [0.2, 0.25) is 0 Å². The van der Waals surface area contributed by atoms with Crippen molar-refractivity contribution in [3.8, 4) is 0 Å². The van der Waals surface area contributed by atoms with Crippen LogP contribution in [0.15, 0.2) is 42.0 Å². The molecule has 0 amide bonds. The maximum absolute atomic E-state index is 4.21. The molecule has 2 heteroatoms. The van der Waals surface area contributed by atoms with Gasteiger partial charge < -0.3 is 5.32 Å². The lowest BCUT2D eigenvalue weighted by Gasteiger charge is -2.16. The molecule has 0 radical (unpaired) electrons. The fraction of sp³-hybridized carbons (Fsp3) is 0.308. The highest BCUT2D eigenvalue weighted by molar-refractivity contribution is 5.88. The van der Waals surface area contributed by atoms with Gasteiger partial charge in [-0.15, -0.1) is 0 Å². The quantitative estimate of drug-likeness (QED) is 0.746. The first-order chi connectivity index (χ1) is 7.19. The summed E-state index contributed by atoms with van der Waals surface area (Å²) in [5.74, 6) is 0. The molecule has 80 valence electrons. The molecule has 2 nitrogen and oxygen atoms in total. The first-order valence-corrected chi connectivity index (χ1v) is 5.08. The molecule has 0 spiro atoms. The van der Waals surface area contributed by atoms with Crippen LogP contribution in [0.5, 0.6) is 0 Å². The van der Waals surface area contributed by atoms with Gasteiger partial charge in [0.2, 0.25) is 0 Å². The van der Waals surface area contributed by atoms with Crippen LogP contribution in [0.25, 0.3) is 0 Å². The van der Waals surface area contributed by atoms with Crippen molar-refractivity contribution in [2.75, 3.05) is 7.05 Å². The highest BCUT2D eigenvalue weighted by Crippen LogP contribution is 2.15. The number of hydrogen-bond donors (Lipinski definition) is 1. The molecule has 0 fully saturated rings. The van der Waals surface area contributed by atoms with E-state index in [2.05, 4.69) is 48.1 Å². The average Bonchev–Trinajstić information content (AvgIpc) is 2.22. The van der Waals surface area contributed by atoms with E-state index in [1.165, 1.54) is 11.1 Å². The minimum absolute atomic E-state index is 0.170. The molecule has 0 saturated heterocycles. The molecule has 1 unspecified atom stereocenters. The van der Waals surface area contributed by atoms with Crippen LogP contribution in [0.1, 0.15) is 24.1 Å². The maximum atomic E-state index is 4.21. The van der Waals surface area contributed by atoms with Crippen molar-refractivity contribution >= 4 is 5.71 Å². The number of hydrogen-bond acceptors (Lipinski definition) is 2. The Morgan fingerprint density at radius 2 is 2.00 bits per heavy atom. The number of aryl methyl sites for hydroxylation is 1. The number of benzene rings is 1. The highest BCUT2D eigenvalue weighted by Gasteiger charge is 2.11. The van der Waals surface area contributed by atoms with Gasteiger partial charge in [-0.2, -0.15) is 0 Å². The minimum Gasteiger partial charge on any atom is -0.308 e. The second-order valence-electron chi connectivity index (χ2n) is 3.59. The van der Waals surface area contributed by atoms with Crippen molar-refractivity contribution in [3.63, 3.8) is 0 Å². The molecule has 0 aliphatic heterocycles. The van der Waals surface area contributed by atoms with Crippen molar-refractivity contribution in [1.82, 2.24) is 5.32 Å². The summed E-state index contributed by atoms with van der Waals surface area (Å²) in [5.41, 5.74) is 3.52. The van der Waals surface area contributed by atoms with Crippen LogP contribution in [0.3, 0.4) is 0 Å². The average molecular weight is 202 g/mol. The van der Waals surface area contributed by atoms with Crippen LogP contribution in [0.4, 0.5) is 0 Å². The van der Waals surface area contributed by atoms with Crippen molar-refractivity contribution in [3.05, 3.63) is 48.2 Å². The molecule has 1 rings (SSSR count). The smallest absolute Gasteiger partial charge is 0.0706 e. The lowest BCUT2D eigenvalue weighted by atomic mass is 10.0. The van der Waals surface area contributed by atoms with E-state index >= 15 is 0 Å². The van der Waals surface area contributed by atoms with E-state index in [0.29, 0.717) is 0 Å². The summed E-state index contributed by atoms with van der Waals surface area (Å²) in [6.07, 6.45) is 1.58. The van der Waals surface area contributed by atoms with Gasteiger partial charge in [0.05, 0.1) is 6.04 Å². The van der Waals surface area contributed by atoms with Crippen LogP contribution >= 0.6 is 0 Å². The molecule has 1 aromatic rings. The van der Waals surface area contributed by atoms with Gasteiger partial charge in [0.1, 0.15) is 0 Å². The lowest BCUT2D eigenvalue weighted by molar-refractivity contribution is 0.746. The van der Waals surface area contributed by atoms with Crippen molar-refractivity contribution in [2.24, 2.45) is 4.99 Å². The first-order valence-electron chi connectivity index (χ1n) is 5.08. The predicted molar refractivity (Wildman–Crippen MR) is 66.3 cm³/mol. The lowest BCUT2D eigenvalue weighted by Crippen LogP contribution is -2.23. The molecule has 0 bridgehead atoms. The third-order valence-electron chi connectivity index (χ3n) is 2.41. The van der Waals surface area contributed by atoms with E-state index in [0.717, 1.165) is 5.71 Å². The number of nitrogens with zero attached hydrogens (tertiary/aromatic N) is 1. The van der Waals surface area contributed by atoms with E-state index in [9.17, 15) is 0 Å². The van der Waals surface area contributed by atoms with Crippen LogP contribution < -0.4 is 5.32 Å². The predicted octanol–water partition coefficient (Wildman–Crippen LogP) is 2.86. The Kier molecular flexibility index (Phi) is 4.25. The zero-order valence-corrected chi connectivity index (χ0v) is 9.62. The Balaban J connectivity index is 2.97. The van der Waals surface area contributed by atoms with Gasteiger partial charge in [0, 0.05) is 11.9 Å². The fourth-order valence-corrected chi connectivity index (χ4v) is 1.59. The Hall–Kier alpha value is -1.41. The summed E-state index contributed by atoms with van der Waals surface area (Å²) in [6, 6.07) is 8.64. The Morgan fingerprint density at radius 3 is 2.47 bits per heavy atom. The topological polar surface area (TPSA) is 24.4 Å². The third kappa shape index (κ3) is 3.03. The van der Waals surface area contributed by atoms with Gasteiger partial charge in [-0.1, -0.05) is 36.4 Å². The molecule has 0 saturated carbocycles. The first kappa shape index (κ1) is 11.7. The monoisotopic (exact) mass is 202 g/mol. The number of rotatable bonds is 4. The summed E-state index contributed by atoms with van der Waals surface area (Å²) in [7, 11) is 1.94. The minimum atomic E-state index is 0.170. The molecule has 15 heavy (non-hydrogen) atoms. The third-order valence-corrected chi connectivity index (χ3v) is 2.41. The van der Waals surface area contributed by atoms with E-state index in [1.807, 2.05) is 14.0 Å².